The van der Waals surface area contributed by atoms with Crippen molar-refractivity contribution in [1.82, 2.24) is 4.98 Å². The van der Waals surface area contributed by atoms with Gasteiger partial charge in [-0.25, -0.2) is 4.39 Å². The number of fused-ring (bicyclic) bond motifs is 1. The zero-order chi connectivity index (χ0) is 19.6. The summed E-state index contributed by atoms with van der Waals surface area (Å²) in [5.41, 5.74) is 1.15. The Bertz CT molecular complexity index is 1020. The minimum absolute atomic E-state index is 0.0156. The summed E-state index contributed by atoms with van der Waals surface area (Å²) in [4.78, 5) is 16.7. The Morgan fingerprint density at radius 1 is 1.15 bits per heavy atom. The van der Waals surface area contributed by atoms with Crippen LogP contribution in [0.1, 0.15) is 21.5 Å². The van der Waals surface area contributed by atoms with Gasteiger partial charge in [-0.3, -0.25) is 9.78 Å². The quantitative estimate of drug-likeness (QED) is 0.614. The molecule has 7 heteroatoms. The molecule has 0 saturated carbocycles. The highest BCUT2D eigenvalue weighted by atomic mass is 19.4. The molecule has 3 aromatic rings. The molecule has 0 spiro atoms. The fourth-order valence-electron chi connectivity index (χ4n) is 2.68. The molecule has 0 atom stereocenters. The number of aryl methyl sites for hydroxylation is 1. The number of allylic oxidation sites excluding steroid dienone is 1. The van der Waals surface area contributed by atoms with Crippen LogP contribution in [-0.4, -0.2) is 17.1 Å². The molecule has 0 unspecified atom stereocenters. The predicted molar refractivity (Wildman–Crippen MR) is 95.9 cm³/mol. The summed E-state index contributed by atoms with van der Waals surface area (Å²) < 4.78 is 51.1. The lowest BCUT2D eigenvalue weighted by Crippen LogP contribution is -2.16. The number of alkyl halides is 3. The molecule has 0 aliphatic carbocycles. The number of benzene rings is 2. The van der Waals surface area contributed by atoms with Gasteiger partial charge in [0.2, 0.25) is 0 Å². The standard InChI is InChI=1S/C20H14F4N2O/c1-12-8-13(6-7-20(22,23)24)9-16(21)18(12)19(27)26-15-10-14-4-2-3-5-17(14)25-11-15/h2-11H,1H3,(H,26,27)/b7-6+. The van der Waals surface area contributed by atoms with Crippen molar-refractivity contribution in [3.05, 3.63) is 77.2 Å². The number of halogens is 4. The Labute approximate surface area is 152 Å². The van der Waals surface area contributed by atoms with Gasteiger partial charge in [0.25, 0.3) is 5.91 Å². The van der Waals surface area contributed by atoms with Crippen molar-refractivity contribution in [2.45, 2.75) is 13.1 Å². The number of anilines is 1. The number of carbonyl (C=O) groups excluding carboxylic acids is 1. The molecule has 0 aliphatic rings. The third-order valence-electron chi connectivity index (χ3n) is 3.85. The van der Waals surface area contributed by atoms with Crippen molar-refractivity contribution in [3.8, 4) is 0 Å². The minimum Gasteiger partial charge on any atom is -0.320 e. The highest BCUT2D eigenvalue weighted by Gasteiger charge is 2.22. The maximum absolute atomic E-state index is 14.3. The van der Waals surface area contributed by atoms with Gasteiger partial charge in [0.1, 0.15) is 5.82 Å². The number of nitrogens with zero attached hydrogens (tertiary/aromatic N) is 1. The number of para-hydroxylation sites is 1. The molecule has 1 aromatic heterocycles. The Balaban J connectivity index is 1.86. The van der Waals surface area contributed by atoms with Gasteiger partial charge in [-0.1, -0.05) is 24.3 Å². The molecule has 0 saturated heterocycles. The van der Waals surface area contributed by atoms with E-state index in [0.29, 0.717) is 5.69 Å². The van der Waals surface area contributed by atoms with E-state index in [4.69, 9.17) is 0 Å². The van der Waals surface area contributed by atoms with Crippen LogP contribution in [0.3, 0.4) is 0 Å². The van der Waals surface area contributed by atoms with E-state index >= 15 is 0 Å². The van der Waals surface area contributed by atoms with Crippen LogP contribution < -0.4 is 5.32 Å². The zero-order valence-electron chi connectivity index (χ0n) is 14.1. The van der Waals surface area contributed by atoms with Crippen molar-refractivity contribution in [1.29, 1.82) is 0 Å². The summed E-state index contributed by atoms with van der Waals surface area (Å²) in [5.74, 6) is -1.60. The van der Waals surface area contributed by atoms with E-state index in [-0.39, 0.29) is 22.8 Å². The normalized spacial score (nSPS) is 11.9. The largest absolute Gasteiger partial charge is 0.409 e. The Hall–Kier alpha value is -3.22. The summed E-state index contributed by atoms with van der Waals surface area (Å²) in [6, 6.07) is 11.2. The first-order chi connectivity index (χ1) is 12.7. The highest BCUT2D eigenvalue weighted by molar-refractivity contribution is 6.06. The summed E-state index contributed by atoms with van der Waals surface area (Å²) in [5, 5.41) is 3.37. The molecule has 0 fully saturated rings. The summed E-state index contributed by atoms with van der Waals surface area (Å²) in [7, 11) is 0. The number of pyridine rings is 1. The summed E-state index contributed by atoms with van der Waals surface area (Å²) in [6.07, 6.45) is -2.27. The molecule has 1 amide bonds. The van der Waals surface area contributed by atoms with E-state index < -0.39 is 17.9 Å². The Morgan fingerprint density at radius 3 is 2.59 bits per heavy atom. The van der Waals surface area contributed by atoms with Crippen LogP contribution in [0.5, 0.6) is 0 Å². The molecular formula is C20H14F4N2O. The molecule has 27 heavy (non-hydrogen) atoms. The first kappa shape index (κ1) is 18.6. The molecule has 1 heterocycles. The maximum Gasteiger partial charge on any atom is 0.409 e. The van der Waals surface area contributed by atoms with Crippen LogP contribution in [0.2, 0.25) is 0 Å². The van der Waals surface area contributed by atoms with Gasteiger partial charge >= 0.3 is 6.18 Å². The fourth-order valence-corrected chi connectivity index (χ4v) is 2.68. The van der Waals surface area contributed by atoms with Gasteiger partial charge in [-0.2, -0.15) is 13.2 Å². The molecule has 2 aromatic carbocycles. The van der Waals surface area contributed by atoms with Gasteiger partial charge in [0.05, 0.1) is 23.0 Å². The van der Waals surface area contributed by atoms with E-state index in [2.05, 4.69) is 10.3 Å². The number of amides is 1. The zero-order valence-corrected chi connectivity index (χ0v) is 14.1. The van der Waals surface area contributed by atoms with Gasteiger partial charge < -0.3 is 5.32 Å². The lowest BCUT2D eigenvalue weighted by Gasteiger charge is -2.10. The average Bonchev–Trinajstić information content (AvgIpc) is 2.58. The number of carbonyl (C=O) groups is 1. The van der Waals surface area contributed by atoms with Gasteiger partial charge in [-0.15, -0.1) is 0 Å². The molecule has 138 valence electrons. The molecule has 0 bridgehead atoms. The van der Waals surface area contributed by atoms with E-state index in [1.165, 1.54) is 19.2 Å². The van der Waals surface area contributed by atoms with Gasteiger partial charge in [0, 0.05) is 11.5 Å². The summed E-state index contributed by atoms with van der Waals surface area (Å²) >= 11 is 0. The van der Waals surface area contributed by atoms with Crippen LogP contribution in [0.15, 0.2) is 54.7 Å². The molecule has 1 N–H and O–H groups in total. The first-order valence-electron chi connectivity index (χ1n) is 7.95. The van der Waals surface area contributed by atoms with E-state index in [1.54, 1.807) is 6.07 Å². The lowest BCUT2D eigenvalue weighted by atomic mass is 10.0. The minimum atomic E-state index is -4.50. The molecule has 3 rings (SSSR count). The third kappa shape index (κ3) is 4.49. The third-order valence-corrected chi connectivity index (χ3v) is 3.85. The second kappa shape index (κ2) is 7.19. The van der Waals surface area contributed by atoms with E-state index in [9.17, 15) is 22.4 Å². The fraction of sp³-hybridized carbons (Fsp3) is 0.100. The summed E-state index contributed by atoms with van der Waals surface area (Å²) in [6.45, 7) is 1.46. The first-order valence-corrected chi connectivity index (χ1v) is 7.95. The van der Waals surface area contributed by atoms with Gasteiger partial charge in [-0.05, 0) is 42.3 Å². The second-order valence-electron chi connectivity index (χ2n) is 5.94. The average molecular weight is 374 g/mol. The van der Waals surface area contributed by atoms with E-state index in [1.807, 2.05) is 24.3 Å². The van der Waals surface area contributed by atoms with Crippen molar-refractivity contribution in [2.75, 3.05) is 5.32 Å². The van der Waals surface area contributed by atoms with Gasteiger partial charge in [0.15, 0.2) is 0 Å². The number of hydrogen-bond donors (Lipinski definition) is 1. The number of nitrogens with one attached hydrogen (secondary N) is 1. The van der Waals surface area contributed by atoms with Crippen molar-refractivity contribution >= 4 is 28.6 Å². The number of hydrogen-bond acceptors (Lipinski definition) is 2. The Morgan fingerprint density at radius 2 is 1.89 bits per heavy atom. The SMILES string of the molecule is Cc1cc(/C=C/C(F)(F)F)cc(F)c1C(=O)Nc1cnc2ccccc2c1. The number of rotatable bonds is 3. The van der Waals surface area contributed by atoms with Crippen molar-refractivity contribution < 1.29 is 22.4 Å². The lowest BCUT2D eigenvalue weighted by molar-refractivity contribution is -0.0790. The van der Waals surface area contributed by atoms with Crippen molar-refractivity contribution in [2.24, 2.45) is 0 Å². The molecule has 3 nitrogen and oxygen atoms in total. The predicted octanol–water partition coefficient (Wildman–Crippen LogP) is 5.51. The number of aromatic nitrogens is 1. The Kier molecular flexibility index (Phi) is 4.94. The van der Waals surface area contributed by atoms with Crippen LogP contribution in [-0.2, 0) is 0 Å². The van der Waals surface area contributed by atoms with Crippen LogP contribution in [0, 0.1) is 12.7 Å². The smallest absolute Gasteiger partial charge is 0.320 e. The highest BCUT2D eigenvalue weighted by Crippen LogP contribution is 2.23. The van der Waals surface area contributed by atoms with Crippen LogP contribution in [0.25, 0.3) is 17.0 Å². The second-order valence-corrected chi connectivity index (χ2v) is 5.94. The molecule has 0 aliphatic heterocycles. The molecular weight excluding hydrogens is 360 g/mol. The van der Waals surface area contributed by atoms with Crippen LogP contribution in [0.4, 0.5) is 23.2 Å². The monoisotopic (exact) mass is 374 g/mol. The van der Waals surface area contributed by atoms with E-state index in [0.717, 1.165) is 23.0 Å². The van der Waals surface area contributed by atoms with Crippen LogP contribution >= 0.6 is 0 Å². The van der Waals surface area contributed by atoms with Crippen molar-refractivity contribution in [3.63, 3.8) is 0 Å². The maximum atomic E-state index is 14.3. The molecule has 0 radical (unpaired) electrons. The topological polar surface area (TPSA) is 42.0 Å².